The van der Waals surface area contributed by atoms with Gasteiger partial charge in [0, 0.05) is 18.9 Å². The lowest BCUT2D eigenvalue weighted by atomic mass is 10.2. The van der Waals surface area contributed by atoms with Crippen molar-refractivity contribution in [2.75, 3.05) is 13.2 Å². The molecule has 0 bridgehead atoms. The zero-order valence-corrected chi connectivity index (χ0v) is 10.5. The summed E-state index contributed by atoms with van der Waals surface area (Å²) in [5.41, 5.74) is 0.364. The van der Waals surface area contributed by atoms with Crippen molar-refractivity contribution >= 4 is 0 Å². The topological polar surface area (TPSA) is 66.1 Å². The van der Waals surface area contributed by atoms with E-state index < -0.39 is 0 Å². The fourth-order valence-corrected chi connectivity index (χ4v) is 1.14. The molecule has 17 heavy (non-hydrogen) atoms. The molecule has 0 amide bonds. The van der Waals surface area contributed by atoms with Crippen LogP contribution in [0.25, 0.3) is 0 Å². The number of ether oxygens (including phenoxy) is 1. The second-order valence-corrected chi connectivity index (χ2v) is 3.12. The summed E-state index contributed by atoms with van der Waals surface area (Å²) < 4.78 is 5.42. The van der Waals surface area contributed by atoms with Crippen LogP contribution >= 0.6 is 0 Å². The lowest BCUT2D eigenvalue weighted by molar-refractivity contribution is 0.266. The van der Waals surface area contributed by atoms with E-state index in [1.165, 1.54) is 0 Å². The monoisotopic (exact) mass is 236 g/mol. The number of unbranched alkanes of at least 4 members (excludes halogenated alkanes) is 2. The van der Waals surface area contributed by atoms with Gasteiger partial charge in [0.15, 0.2) is 0 Å². The highest BCUT2D eigenvalue weighted by molar-refractivity contribution is 5.29. The molecule has 0 aliphatic carbocycles. The molecule has 94 valence electrons. The number of hydrogen-bond acceptors (Lipinski definition) is 4. The van der Waals surface area contributed by atoms with Gasteiger partial charge in [-0.15, -0.1) is 0 Å². The summed E-state index contributed by atoms with van der Waals surface area (Å²) in [6.07, 6.45) is 4.22. The van der Waals surface area contributed by atoms with Crippen LogP contribution in [0.4, 0.5) is 0 Å². The number of nitrogens with zero attached hydrogens (tertiary/aromatic N) is 2. The molecule has 0 aromatic carbocycles. The highest BCUT2D eigenvalue weighted by Crippen LogP contribution is 2.10. The average molecular weight is 236 g/mol. The molecule has 1 rings (SSSR count). The van der Waals surface area contributed by atoms with E-state index in [1.807, 2.05) is 19.9 Å². The van der Waals surface area contributed by atoms with Crippen LogP contribution in [0.2, 0.25) is 0 Å². The third kappa shape index (κ3) is 7.31. The van der Waals surface area contributed by atoms with E-state index in [4.69, 9.17) is 15.1 Å². The lowest BCUT2D eigenvalue weighted by Gasteiger charge is -2.05. The van der Waals surface area contributed by atoms with Gasteiger partial charge in [-0.2, -0.15) is 5.26 Å². The molecular formula is C13H20N2O2. The van der Waals surface area contributed by atoms with E-state index in [1.54, 1.807) is 18.3 Å². The molecule has 0 spiro atoms. The molecule has 1 N–H and O–H groups in total. The first-order valence-electron chi connectivity index (χ1n) is 5.96. The van der Waals surface area contributed by atoms with Crippen LogP contribution < -0.4 is 4.74 Å². The number of pyridine rings is 1. The van der Waals surface area contributed by atoms with Crippen molar-refractivity contribution in [3.8, 4) is 11.8 Å². The average Bonchev–Trinajstić information content (AvgIpc) is 2.41. The SMILES string of the molecule is CC.N#Cc1cc(OCCCCCO)ccn1. The molecule has 0 aliphatic rings. The minimum absolute atomic E-state index is 0.230. The van der Waals surface area contributed by atoms with Gasteiger partial charge >= 0.3 is 0 Å². The Hall–Kier alpha value is -1.60. The number of rotatable bonds is 6. The van der Waals surface area contributed by atoms with Crippen molar-refractivity contribution in [1.29, 1.82) is 5.26 Å². The number of aliphatic hydroxyl groups excluding tert-OH is 1. The Morgan fingerprint density at radius 3 is 2.76 bits per heavy atom. The van der Waals surface area contributed by atoms with Crippen molar-refractivity contribution < 1.29 is 9.84 Å². The first kappa shape index (κ1) is 15.4. The Labute approximate surface area is 103 Å². The van der Waals surface area contributed by atoms with E-state index in [2.05, 4.69) is 4.98 Å². The second-order valence-electron chi connectivity index (χ2n) is 3.12. The van der Waals surface area contributed by atoms with Crippen LogP contribution in [-0.2, 0) is 0 Å². The molecule has 0 aliphatic heterocycles. The fraction of sp³-hybridized carbons (Fsp3) is 0.538. The minimum Gasteiger partial charge on any atom is -0.493 e. The summed E-state index contributed by atoms with van der Waals surface area (Å²) in [6, 6.07) is 5.30. The van der Waals surface area contributed by atoms with Gasteiger partial charge < -0.3 is 9.84 Å². The maximum Gasteiger partial charge on any atom is 0.144 e. The summed E-state index contributed by atoms with van der Waals surface area (Å²) in [7, 11) is 0. The third-order valence-electron chi connectivity index (χ3n) is 1.92. The molecule has 0 atom stereocenters. The largest absolute Gasteiger partial charge is 0.493 e. The molecule has 1 heterocycles. The summed E-state index contributed by atoms with van der Waals surface area (Å²) >= 11 is 0. The number of nitriles is 1. The lowest BCUT2D eigenvalue weighted by Crippen LogP contribution is -1.98. The van der Waals surface area contributed by atoms with Gasteiger partial charge in [0.25, 0.3) is 0 Å². The highest BCUT2D eigenvalue weighted by Gasteiger charge is 1.96. The Morgan fingerprint density at radius 2 is 2.12 bits per heavy atom. The van der Waals surface area contributed by atoms with E-state index in [0.29, 0.717) is 18.1 Å². The summed E-state index contributed by atoms with van der Waals surface area (Å²) in [4.78, 5) is 3.84. The van der Waals surface area contributed by atoms with Crippen LogP contribution in [0.15, 0.2) is 18.3 Å². The summed E-state index contributed by atoms with van der Waals surface area (Å²) in [5, 5.41) is 17.2. The predicted octanol–water partition coefficient (Wildman–Crippen LogP) is 2.52. The zero-order chi connectivity index (χ0) is 12.9. The third-order valence-corrected chi connectivity index (χ3v) is 1.92. The second kappa shape index (κ2) is 10.9. The molecule has 0 saturated carbocycles. The molecule has 0 fully saturated rings. The van der Waals surface area contributed by atoms with E-state index in [0.717, 1.165) is 19.3 Å². The molecule has 4 heteroatoms. The van der Waals surface area contributed by atoms with Crippen LogP contribution in [0.1, 0.15) is 38.8 Å². The Morgan fingerprint density at radius 1 is 1.35 bits per heavy atom. The van der Waals surface area contributed by atoms with Gasteiger partial charge in [-0.1, -0.05) is 13.8 Å². The predicted molar refractivity (Wildman–Crippen MR) is 66.7 cm³/mol. The minimum atomic E-state index is 0.230. The Bertz CT molecular complexity index is 334. The highest BCUT2D eigenvalue weighted by atomic mass is 16.5. The van der Waals surface area contributed by atoms with Gasteiger partial charge in [-0.05, 0) is 25.3 Å². The molecule has 4 nitrogen and oxygen atoms in total. The smallest absolute Gasteiger partial charge is 0.144 e. The fourth-order valence-electron chi connectivity index (χ4n) is 1.14. The molecule has 0 unspecified atom stereocenters. The molecule has 1 aromatic heterocycles. The van der Waals surface area contributed by atoms with Crippen molar-refractivity contribution in [2.24, 2.45) is 0 Å². The maximum absolute atomic E-state index is 8.61. The molecular weight excluding hydrogens is 216 g/mol. The van der Waals surface area contributed by atoms with E-state index in [-0.39, 0.29) is 6.61 Å². The van der Waals surface area contributed by atoms with Gasteiger partial charge in [-0.25, -0.2) is 4.98 Å². The first-order chi connectivity index (χ1) is 8.36. The van der Waals surface area contributed by atoms with E-state index >= 15 is 0 Å². The number of aliphatic hydroxyl groups is 1. The first-order valence-corrected chi connectivity index (χ1v) is 5.96. The molecule has 1 aromatic rings. The number of aromatic nitrogens is 1. The number of hydrogen-bond donors (Lipinski definition) is 1. The van der Waals surface area contributed by atoms with E-state index in [9.17, 15) is 0 Å². The van der Waals surface area contributed by atoms with Gasteiger partial charge in [0.1, 0.15) is 17.5 Å². The molecule has 0 saturated heterocycles. The van der Waals surface area contributed by atoms with Crippen molar-refractivity contribution in [3.63, 3.8) is 0 Å². The zero-order valence-electron chi connectivity index (χ0n) is 10.5. The van der Waals surface area contributed by atoms with Gasteiger partial charge in [-0.3, -0.25) is 0 Å². The quantitative estimate of drug-likeness (QED) is 0.771. The normalized spacial score (nSPS) is 8.82. The molecule has 0 radical (unpaired) electrons. The summed E-state index contributed by atoms with van der Waals surface area (Å²) in [5.74, 6) is 0.672. The maximum atomic E-state index is 8.61. The Balaban J connectivity index is 0.00000121. The standard InChI is InChI=1S/C11H14N2O2.C2H6/c12-9-10-8-11(4-5-13-10)15-7-3-1-2-6-14;1-2/h4-5,8,14H,1-3,6-7H2;1-2H3. The Kier molecular flexibility index (Phi) is 9.88. The van der Waals surface area contributed by atoms with Gasteiger partial charge in [0.2, 0.25) is 0 Å². The van der Waals surface area contributed by atoms with Crippen LogP contribution in [0, 0.1) is 11.3 Å². The van der Waals surface area contributed by atoms with Crippen LogP contribution in [0.3, 0.4) is 0 Å². The van der Waals surface area contributed by atoms with Gasteiger partial charge in [0.05, 0.1) is 6.61 Å². The van der Waals surface area contributed by atoms with Crippen molar-refractivity contribution in [3.05, 3.63) is 24.0 Å². The van der Waals surface area contributed by atoms with Crippen LogP contribution in [0.5, 0.6) is 5.75 Å². The summed E-state index contributed by atoms with van der Waals surface area (Å²) in [6.45, 7) is 4.84. The van der Waals surface area contributed by atoms with Crippen molar-refractivity contribution in [1.82, 2.24) is 4.98 Å². The van der Waals surface area contributed by atoms with Crippen molar-refractivity contribution in [2.45, 2.75) is 33.1 Å². The van der Waals surface area contributed by atoms with Crippen LogP contribution in [-0.4, -0.2) is 23.3 Å².